The molecule has 2 saturated heterocycles. The van der Waals surface area contributed by atoms with Crippen molar-refractivity contribution in [1.29, 1.82) is 0 Å². The van der Waals surface area contributed by atoms with Gasteiger partial charge in [0.1, 0.15) is 18.3 Å². The van der Waals surface area contributed by atoms with Crippen molar-refractivity contribution in [2.75, 3.05) is 13.3 Å². The standard InChI is InChI=1S/C8H16N4O5/c9-7-10-2-12(8(16)11-7)6-5(15)4(14)3(1-13)17-6/h3-7,10,13-15H,1-2,9H2,(H,11,16)/p+1/t3-,4-,5-,6+,7?/m1/s1. The molecule has 2 heterocycles. The Morgan fingerprint density at radius 2 is 2.24 bits per heavy atom. The normalized spacial score (nSPS) is 42.7. The number of urea groups is 1. The second-order valence-electron chi connectivity index (χ2n) is 4.09. The molecule has 0 aromatic carbocycles. The van der Waals surface area contributed by atoms with Gasteiger partial charge >= 0.3 is 6.03 Å². The van der Waals surface area contributed by atoms with Crippen molar-refractivity contribution in [1.82, 2.24) is 10.2 Å². The van der Waals surface area contributed by atoms with Crippen LogP contribution in [0.15, 0.2) is 0 Å². The van der Waals surface area contributed by atoms with E-state index in [2.05, 4.69) is 5.32 Å². The van der Waals surface area contributed by atoms with Crippen LogP contribution in [0.5, 0.6) is 0 Å². The highest BCUT2D eigenvalue weighted by molar-refractivity contribution is 5.74. The van der Waals surface area contributed by atoms with Crippen LogP contribution in [-0.2, 0) is 4.74 Å². The Balaban J connectivity index is 2.05. The van der Waals surface area contributed by atoms with Crippen LogP contribution in [0.3, 0.4) is 0 Å². The minimum absolute atomic E-state index is 0.208. The van der Waals surface area contributed by atoms with Crippen molar-refractivity contribution in [2.24, 2.45) is 5.73 Å². The van der Waals surface area contributed by atoms with E-state index in [-0.39, 0.29) is 6.67 Å². The monoisotopic (exact) mass is 249 g/mol. The highest BCUT2D eigenvalue weighted by Crippen LogP contribution is 2.23. The number of hydrogen-bond acceptors (Lipinski definition) is 6. The lowest BCUT2D eigenvalue weighted by Crippen LogP contribution is -3.02. The first-order chi connectivity index (χ1) is 8.04. The molecule has 9 nitrogen and oxygen atoms in total. The van der Waals surface area contributed by atoms with Gasteiger partial charge in [-0.15, -0.1) is 0 Å². The smallest absolute Gasteiger partial charge is 0.329 e. The van der Waals surface area contributed by atoms with E-state index in [1.807, 2.05) is 0 Å². The molecule has 0 saturated carbocycles. The van der Waals surface area contributed by atoms with Crippen LogP contribution in [0.4, 0.5) is 4.79 Å². The van der Waals surface area contributed by atoms with Gasteiger partial charge in [-0.25, -0.2) is 9.69 Å². The van der Waals surface area contributed by atoms with Gasteiger partial charge in [-0.2, -0.15) is 0 Å². The first-order valence-electron chi connectivity index (χ1n) is 5.33. The molecule has 0 aromatic heterocycles. The van der Waals surface area contributed by atoms with E-state index in [1.54, 1.807) is 5.32 Å². The second-order valence-corrected chi connectivity index (χ2v) is 4.09. The molecule has 9 heteroatoms. The van der Waals surface area contributed by atoms with Gasteiger partial charge in [0, 0.05) is 0 Å². The summed E-state index contributed by atoms with van der Waals surface area (Å²) in [5.41, 5.74) is 5.49. The fraction of sp³-hybridized carbons (Fsp3) is 0.875. The summed E-state index contributed by atoms with van der Waals surface area (Å²) in [5, 5.41) is 32.3. The summed E-state index contributed by atoms with van der Waals surface area (Å²) in [4.78, 5) is 12.8. The lowest BCUT2D eigenvalue weighted by Gasteiger charge is -2.33. The number of nitrogens with two attached hydrogens (primary N) is 2. The number of hydrogen-bond donors (Lipinski definition) is 6. The van der Waals surface area contributed by atoms with Crippen LogP contribution in [0.1, 0.15) is 0 Å². The molecule has 2 aliphatic rings. The predicted octanol–water partition coefficient (Wildman–Crippen LogP) is -4.79. The number of nitrogens with zero attached hydrogens (tertiary/aromatic N) is 1. The zero-order valence-corrected chi connectivity index (χ0v) is 9.06. The van der Waals surface area contributed by atoms with Crippen LogP contribution in [-0.4, -0.2) is 70.4 Å². The number of carbonyl (C=O) groups is 1. The lowest BCUT2D eigenvalue weighted by atomic mass is 10.1. The summed E-state index contributed by atoms with van der Waals surface area (Å²) >= 11 is 0. The molecule has 2 rings (SSSR count). The summed E-state index contributed by atoms with van der Waals surface area (Å²) in [6.45, 7) is -0.215. The molecule has 2 amide bonds. The van der Waals surface area contributed by atoms with E-state index in [4.69, 9.17) is 15.6 Å². The molecular weight excluding hydrogens is 232 g/mol. The summed E-state index contributed by atoms with van der Waals surface area (Å²) in [5.74, 6) is 0. The Morgan fingerprint density at radius 1 is 1.53 bits per heavy atom. The van der Waals surface area contributed by atoms with Gasteiger partial charge in [0.05, 0.1) is 6.61 Å². The van der Waals surface area contributed by atoms with Gasteiger partial charge in [0.15, 0.2) is 12.9 Å². The first kappa shape index (κ1) is 12.5. The van der Waals surface area contributed by atoms with Gasteiger partial charge in [-0.05, 0) is 0 Å². The number of aliphatic hydroxyl groups is 3. The van der Waals surface area contributed by atoms with E-state index in [0.717, 1.165) is 0 Å². The molecule has 0 aromatic rings. The quantitative estimate of drug-likeness (QED) is 0.290. The summed E-state index contributed by atoms with van der Waals surface area (Å²) in [6, 6.07) is -0.477. The van der Waals surface area contributed by atoms with E-state index < -0.39 is 43.5 Å². The SMILES string of the molecule is NC1NC(=O)N([C@H]2O[C@H](CO)[C@@H](O)[C@H]2O)C[NH2+]1. The average molecular weight is 249 g/mol. The molecular formula is C8H17N4O5+. The number of quaternary nitrogens is 1. The minimum Gasteiger partial charge on any atom is -0.394 e. The molecule has 8 N–H and O–H groups in total. The maximum atomic E-state index is 11.6. The molecule has 1 unspecified atom stereocenters. The topological polar surface area (TPSA) is 145 Å². The van der Waals surface area contributed by atoms with Crippen molar-refractivity contribution in [3.63, 3.8) is 0 Å². The maximum Gasteiger partial charge on any atom is 0.329 e. The zero-order valence-electron chi connectivity index (χ0n) is 9.06. The Morgan fingerprint density at radius 3 is 2.76 bits per heavy atom. The van der Waals surface area contributed by atoms with Gasteiger partial charge in [-0.3, -0.25) is 16.4 Å². The van der Waals surface area contributed by atoms with Crippen LogP contribution < -0.4 is 16.4 Å². The third-order valence-corrected chi connectivity index (χ3v) is 2.93. The summed E-state index contributed by atoms with van der Waals surface area (Å²) in [6.07, 6.45) is -4.87. The molecule has 0 aliphatic carbocycles. The molecule has 0 bridgehead atoms. The van der Waals surface area contributed by atoms with Gasteiger partial charge < -0.3 is 20.1 Å². The number of rotatable bonds is 2. The van der Waals surface area contributed by atoms with E-state index in [0.29, 0.717) is 0 Å². The van der Waals surface area contributed by atoms with Crippen molar-refractivity contribution in [2.45, 2.75) is 30.8 Å². The fourth-order valence-corrected chi connectivity index (χ4v) is 1.95. The molecule has 17 heavy (non-hydrogen) atoms. The Hall–Kier alpha value is -0.970. The molecule has 2 fully saturated rings. The maximum absolute atomic E-state index is 11.6. The average Bonchev–Trinajstić information content (AvgIpc) is 2.57. The summed E-state index contributed by atoms with van der Waals surface area (Å²) < 4.78 is 5.23. The zero-order chi connectivity index (χ0) is 12.6. The highest BCUT2D eigenvalue weighted by atomic mass is 16.6. The molecule has 0 radical (unpaired) electrons. The van der Waals surface area contributed by atoms with Crippen molar-refractivity contribution >= 4 is 6.03 Å². The van der Waals surface area contributed by atoms with Gasteiger partial charge in [0.25, 0.3) is 0 Å². The molecule has 2 aliphatic heterocycles. The third kappa shape index (κ3) is 2.20. The highest BCUT2D eigenvalue weighted by Gasteiger charge is 2.48. The molecule has 0 spiro atoms. The lowest BCUT2D eigenvalue weighted by molar-refractivity contribution is -0.713. The van der Waals surface area contributed by atoms with Crippen molar-refractivity contribution < 1.29 is 30.2 Å². The molecule has 5 atom stereocenters. The predicted molar refractivity (Wildman–Crippen MR) is 52.9 cm³/mol. The Kier molecular flexibility index (Phi) is 3.47. The third-order valence-electron chi connectivity index (χ3n) is 2.93. The number of ether oxygens (including phenoxy) is 1. The first-order valence-corrected chi connectivity index (χ1v) is 5.33. The van der Waals surface area contributed by atoms with Crippen LogP contribution in [0, 0.1) is 0 Å². The molecule has 98 valence electrons. The van der Waals surface area contributed by atoms with Gasteiger partial charge in [-0.1, -0.05) is 0 Å². The Bertz CT molecular complexity index is 304. The second kappa shape index (κ2) is 4.72. The largest absolute Gasteiger partial charge is 0.394 e. The van der Waals surface area contributed by atoms with Gasteiger partial charge in [0.2, 0.25) is 6.29 Å². The number of carbonyl (C=O) groups excluding carboxylic acids is 1. The van der Waals surface area contributed by atoms with E-state index in [1.165, 1.54) is 4.90 Å². The van der Waals surface area contributed by atoms with Crippen molar-refractivity contribution in [3.8, 4) is 0 Å². The number of aliphatic hydroxyl groups excluding tert-OH is 3. The van der Waals surface area contributed by atoms with E-state index in [9.17, 15) is 15.0 Å². The fourth-order valence-electron chi connectivity index (χ4n) is 1.95. The minimum atomic E-state index is -1.25. The van der Waals surface area contributed by atoms with E-state index >= 15 is 0 Å². The summed E-state index contributed by atoms with van der Waals surface area (Å²) in [7, 11) is 0. The number of nitrogens with one attached hydrogen (secondary N) is 1. The van der Waals surface area contributed by atoms with Crippen LogP contribution in [0.2, 0.25) is 0 Å². The number of amides is 2. The van der Waals surface area contributed by atoms with Crippen LogP contribution in [0.25, 0.3) is 0 Å². The van der Waals surface area contributed by atoms with Crippen LogP contribution >= 0.6 is 0 Å². The Labute approximate surface area is 97.1 Å². The van der Waals surface area contributed by atoms with Crippen molar-refractivity contribution in [3.05, 3.63) is 0 Å².